The lowest BCUT2D eigenvalue weighted by molar-refractivity contribution is 0.458. The van der Waals surface area contributed by atoms with Crippen LogP contribution in [0.25, 0.3) is 0 Å². The largest absolute Gasteiger partial charge is 0.457 e. The highest BCUT2D eigenvalue weighted by Crippen LogP contribution is 2.30. The summed E-state index contributed by atoms with van der Waals surface area (Å²) in [5, 5.41) is 3.33. The Morgan fingerprint density at radius 2 is 1.85 bits per heavy atom. The van der Waals surface area contributed by atoms with Gasteiger partial charge in [0.15, 0.2) is 0 Å². The van der Waals surface area contributed by atoms with Gasteiger partial charge in [-0.3, -0.25) is 0 Å². The smallest absolute Gasteiger partial charge is 0.134 e. The molecule has 1 saturated carbocycles. The molecule has 20 heavy (non-hydrogen) atoms. The summed E-state index contributed by atoms with van der Waals surface area (Å²) in [6, 6.07) is 13.3. The third kappa shape index (κ3) is 2.99. The molecule has 0 bridgehead atoms. The van der Waals surface area contributed by atoms with Crippen LogP contribution in [-0.2, 0) is 6.54 Å². The molecule has 0 aromatic heterocycles. The minimum absolute atomic E-state index is 0.218. The minimum atomic E-state index is -0.218. The summed E-state index contributed by atoms with van der Waals surface area (Å²) in [4.78, 5) is 0. The van der Waals surface area contributed by atoms with Crippen molar-refractivity contribution in [3.63, 3.8) is 0 Å². The molecule has 2 aromatic carbocycles. The molecule has 3 heteroatoms. The summed E-state index contributed by atoms with van der Waals surface area (Å²) in [6.45, 7) is 2.50. The topological polar surface area (TPSA) is 21.3 Å². The Labute approximate surface area is 118 Å². The van der Waals surface area contributed by atoms with Crippen molar-refractivity contribution in [2.24, 2.45) is 0 Å². The monoisotopic (exact) mass is 271 g/mol. The van der Waals surface area contributed by atoms with Gasteiger partial charge in [0.05, 0.1) is 0 Å². The van der Waals surface area contributed by atoms with Gasteiger partial charge in [0.2, 0.25) is 0 Å². The zero-order valence-corrected chi connectivity index (χ0v) is 11.5. The standard InChI is InChI=1S/C17H18FNO/c1-12-5-2-3-7-16(12)20-17-8-4-6-15(18)14(17)11-19-13-9-10-13/h2-8,13,19H,9-11H2,1H3. The van der Waals surface area contributed by atoms with E-state index in [1.165, 1.54) is 18.9 Å². The van der Waals surface area contributed by atoms with Crippen molar-refractivity contribution in [3.05, 3.63) is 59.4 Å². The fraction of sp³-hybridized carbons (Fsp3) is 0.294. The second kappa shape index (κ2) is 5.63. The maximum atomic E-state index is 14.0. The van der Waals surface area contributed by atoms with Crippen molar-refractivity contribution >= 4 is 0 Å². The summed E-state index contributed by atoms with van der Waals surface area (Å²) >= 11 is 0. The summed E-state index contributed by atoms with van der Waals surface area (Å²) in [5.74, 6) is 1.14. The normalized spacial score (nSPS) is 14.3. The molecule has 104 valence electrons. The summed E-state index contributed by atoms with van der Waals surface area (Å²) < 4.78 is 19.9. The number of benzene rings is 2. The second-order valence-corrected chi connectivity index (χ2v) is 5.24. The average molecular weight is 271 g/mol. The molecule has 0 unspecified atom stereocenters. The predicted octanol–water partition coefficient (Wildman–Crippen LogP) is 4.18. The van der Waals surface area contributed by atoms with E-state index in [1.807, 2.05) is 37.3 Å². The molecule has 1 aliphatic rings. The van der Waals surface area contributed by atoms with E-state index >= 15 is 0 Å². The van der Waals surface area contributed by atoms with E-state index in [9.17, 15) is 4.39 Å². The van der Waals surface area contributed by atoms with Crippen molar-refractivity contribution in [2.45, 2.75) is 32.4 Å². The van der Waals surface area contributed by atoms with Gasteiger partial charge in [-0.05, 0) is 43.5 Å². The Hall–Kier alpha value is -1.87. The lowest BCUT2D eigenvalue weighted by Crippen LogP contribution is -2.16. The Morgan fingerprint density at radius 1 is 1.10 bits per heavy atom. The third-order valence-electron chi connectivity index (χ3n) is 3.53. The van der Waals surface area contributed by atoms with Crippen LogP contribution >= 0.6 is 0 Å². The summed E-state index contributed by atoms with van der Waals surface area (Å²) in [5.41, 5.74) is 1.64. The SMILES string of the molecule is Cc1ccccc1Oc1cccc(F)c1CNC1CC1. The highest BCUT2D eigenvalue weighted by molar-refractivity contribution is 5.41. The maximum Gasteiger partial charge on any atom is 0.134 e. The van der Waals surface area contributed by atoms with E-state index < -0.39 is 0 Å². The molecule has 2 aromatic rings. The van der Waals surface area contributed by atoms with Gasteiger partial charge in [0.1, 0.15) is 17.3 Å². The third-order valence-corrected chi connectivity index (χ3v) is 3.53. The van der Waals surface area contributed by atoms with Crippen LogP contribution in [0.15, 0.2) is 42.5 Å². The van der Waals surface area contributed by atoms with Gasteiger partial charge in [0.25, 0.3) is 0 Å². The van der Waals surface area contributed by atoms with Crippen LogP contribution in [-0.4, -0.2) is 6.04 Å². The van der Waals surface area contributed by atoms with Crippen LogP contribution in [0.1, 0.15) is 24.0 Å². The highest BCUT2D eigenvalue weighted by atomic mass is 19.1. The van der Waals surface area contributed by atoms with Gasteiger partial charge < -0.3 is 10.1 Å². The van der Waals surface area contributed by atoms with Crippen molar-refractivity contribution < 1.29 is 9.13 Å². The first-order valence-corrected chi connectivity index (χ1v) is 6.98. The number of para-hydroxylation sites is 1. The second-order valence-electron chi connectivity index (χ2n) is 5.24. The van der Waals surface area contributed by atoms with Crippen LogP contribution < -0.4 is 10.1 Å². The molecule has 0 spiro atoms. The number of hydrogen-bond donors (Lipinski definition) is 1. The first-order chi connectivity index (χ1) is 9.74. The molecular weight excluding hydrogens is 253 g/mol. The molecule has 1 aliphatic carbocycles. The van der Waals surface area contributed by atoms with E-state index in [-0.39, 0.29) is 5.82 Å². The summed E-state index contributed by atoms with van der Waals surface area (Å²) in [6.07, 6.45) is 2.37. The van der Waals surface area contributed by atoms with Crippen LogP contribution in [0.5, 0.6) is 11.5 Å². The number of ether oxygens (including phenoxy) is 1. The summed E-state index contributed by atoms with van der Waals surface area (Å²) in [7, 11) is 0. The highest BCUT2D eigenvalue weighted by Gasteiger charge is 2.21. The number of halogens is 1. The molecule has 3 rings (SSSR count). The molecule has 1 N–H and O–H groups in total. The molecule has 0 heterocycles. The number of hydrogen-bond acceptors (Lipinski definition) is 2. The quantitative estimate of drug-likeness (QED) is 0.881. The Balaban J connectivity index is 1.84. The van der Waals surface area contributed by atoms with Gasteiger partial charge in [-0.25, -0.2) is 4.39 Å². The van der Waals surface area contributed by atoms with Crippen LogP contribution in [0.4, 0.5) is 4.39 Å². The minimum Gasteiger partial charge on any atom is -0.457 e. The van der Waals surface area contributed by atoms with E-state index in [0.29, 0.717) is 23.9 Å². The van der Waals surface area contributed by atoms with Crippen LogP contribution in [0.3, 0.4) is 0 Å². The molecule has 0 amide bonds. The molecule has 0 atom stereocenters. The molecule has 0 radical (unpaired) electrons. The van der Waals surface area contributed by atoms with Gasteiger partial charge in [0, 0.05) is 18.2 Å². The van der Waals surface area contributed by atoms with Crippen LogP contribution in [0.2, 0.25) is 0 Å². The van der Waals surface area contributed by atoms with E-state index in [0.717, 1.165) is 11.3 Å². The first kappa shape index (κ1) is 13.1. The molecule has 0 saturated heterocycles. The lowest BCUT2D eigenvalue weighted by atomic mass is 10.1. The number of nitrogens with one attached hydrogen (secondary N) is 1. The van der Waals surface area contributed by atoms with Gasteiger partial charge in [-0.15, -0.1) is 0 Å². The Bertz CT molecular complexity index is 608. The van der Waals surface area contributed by atoms with Gasteiger partial charge in [-0.2, -0.15) is 0 Å². The fourth-order valence-electron chi connectivity index (χ4n) is 2.13. The predicted molar refractivity (Wildman–Crippen MR) is 77.5 cm³/mol. The van der Waals surface area contributed by atoms with Crippen molar-refractivity contribution in [3.8, 4) is 11.5 Å². The maximum absolute atomic E-state index is 14.0. The zero-order chi connectivity index (χ0) is 13.9. The molecule has 2 nitrogen and oxygen atoms in total. The van der Waals surface area contributed by atoms with E-state index in [1.54, 1.807) is 6.07 Å². The van der Waals surface area contributed by atoms with Crippen molar-refractivity contribution in [1.29, 1.82) is 0 Å². The first-order valence-electron chi connectivity index (χ1n) is 6.98. The fourth-order valence-corrected chi connectivity index (χ4v) is 2.13. The molecule has 0 aliphatic heterocycles. The van der Waals surface area contributed by atoms with Crippen molar-refractivity contribution in [2.75, 3.05) is 0 Å². The Morgan fingerprint density at radius 3 is 2.60 bits per heavy atom. The number of aryl methyl sites for hydroxylation is 1. The number of rotatable bonds is 5. The molecular formula is C17H18FNO. The zero-order valence-electron chi connectivity index (χ0n) is 11.5. The average Bonchev–Trinajstić information content (AvgIpc) is 3.25. The molecule has 1 fully saturated rings. The van der Waals surface area contributed by atoms with Gasteiger partial charge >= 0.3 is 0 Å². The van der Waals surface area contributed by atoms with E-state index in [4.69, 9.17) is 4.74 Å². The Kier molecular flexibility index (Phi) is 3.70. The lowest BCUT2D eigenvalue weighted by Gasteiger charge is -2.14. The van der Waals surface area contributed by atoms with Crippen molar-refractivity contribution in [1.82, 2.24) is 5.32 Å². The van der Waals surface area contributed by atoms with E-state index in [2.05, 4.69) is 5.32 Å². The van der Waals surface area contributed by atoms with Gasteiger partial charge in [-0.1, -0.05) is 24.3 Å². The van der Waals surface area contributed by atoms with Crippen LogP contribution in [0, 0.1) is 12.7 Å².